The molecule has 1 aliphatic rings. The van der Waals surface area contributed by atoms with Crippen LogP contribution >= 0.6 is 0 Å². The van der Waals surface area contributed by atoms with E-state index in [-0.39, 0.29) is 11.8 Å². The van der Waals surface area contributed by atoms with Gasteiger partial charge in [0.05, 0.1) is 0 Å². The minimum atomic E-state index is 0.141. The van der Waals surface area contributed by atoms with E-state index in [2.05, 4.69) is 35.5 Å². The Balaban J connectivity index is 1.78. The molecule has 1 unspecified atom stereocenters. The highest BCUT2D eigenvalue weighted by molar-refractivity contribution is 5.79. The number of carbonyl (C=O) groups excluding carboxylic acids is 1. The molecule has 0 heterocycles. The number of hydrogen-bond donors (Lipinski definition) is 1. The Hall–Kier alpha value is -1.75. The van der Waals surface area contributed by atoms with Crippen molar-refractivity contribution >= 4 is 5.91 Å². The first-order valence-corrected chi connectivity index (χ1v) is 7.09. The number of benzene rings is 1. The number of rotatable bonds is 5. The Morgan fingerprint density at radius 1 is 1.32 bits per heavy atom. The Kier molecular flexibility index (Phi) is 5.03. The van der Waals surface area contributed by atoms with Crippen molar-refractivity contribution in [2.75, 3.05) is 6.54 Å². The lowest BCUT2D eigenvalue weighted by atomic mass is 9.83. The van der Waals surface area contributed by atoms with E-state index in [1.807, 2.05) is 0 Å². The van der Waals surface area contributed by atoms with Gasteiger partial charge in [-0.2, -0.15) is 0 Å². The van der Waals surface area contributed by atoms with Crippen LogP contribution in [0.25, 0.3) is 0 Å². The van der Waals surface area contributed by atoms with Crippen molar-refractivity contribution in [2.45, 2.75) is 38.5 Å². The molecule has 0 aliphatic heterocycles. The minimum absolute atomic E-state index is 0.141. The van der Waals surface area contributed by atoms with Gasteiger partial charge in [0.2, 0.25) is 5.91 Å². The summed E-state index contributed by atoms with van der Waals surface area (Å²) in [6.07, 6.45) is 10.8. The Labute approximate surface area is 115 Å². The summed E-state index contributed by atoms with van der Waals surface area (Å²) in [5, 5.41) is 3.03. The monoisotopic (exact) mass is 255 g/mol. The number of nitrogens with one attached hydrogen (secondary N) is 1. The van der Waals surface area contributed by atoms with Crippen molar-refractivity contribution in [3.8, 4) is 12.3 Å². The summed E-state index contributed by atoms with van der Waals surface area (Å²) in [6, 6.07) is 8.44. The molecule has 1 atom stereocenters. The van der Waals surface area contributed by atoms with Gasteiger partial charge in [-0.3, -0.25) is 4.79 Å². The van der Waals surface area contributed by atoms with Gasteiger partial charge in [0, 0.05) is 18.9 Å². The minimum Gasteiger partial charge on any atom is -0.356 e. The number of fused-ring (bicyclic) bond motifs is 1. The van der Waals surface area contributed by atoms with Gasteiger partial charge in [-0.05, 0) is 43.2 Å². The fourth-order valence-electron chi connectivity index (χ4n) is 2.63. The summed E-state index contributed by atoms with van der Waals surface area (Å²) in [6.45, 7) is 0.749. The van der Waals surface area contributed by atoms with Gasteiger partial charge in [0.1, 0.15) is 0 Å². The molecule has 2 nitrogen and oxygen atoms in total. The van der Waals surface area contributed by atoms with Crippen LogP contribution in [0, 0.1) is 18.3 Å². The summed E-state index contributed by atoms with van der Waals surface area (Å²) in [5.41, 5.74) is 2.74. The zero-order valence-electron chi connectivity index (χ0n) is 11.3. The molecule has 1 N–H and O–H groups in total. The van der Waals surface area contributed by atoms with Crippen molar-refractivity contribution in [3.05, 3.63) is 35.4 Å². The largest absolute Gasteiger partial charge is 0.356 e. The molecule has 1 aromatic carbocycles. The molecule has 1 aliphatic carbocycles. The average Bonchev–Trinajstić information content (AvgIpc) is 2.46. The van der Waals surface area contributed by atoms with Crippen LogP contribution < -0.4 is 5.32 Å². The first kappa shape index (κ1) is 13.7. The van der Waals surface area contributed by atoms with Crippen molar-refractivity contribution in [3.63, 3.8) is 0 Å². The van der Waals surface area contributed by atoms with Gasteiger partial charge in [0.15, 0.2) is 0 Å². The summed E-state index contributed by atoms with van der Waals surface area (Å²) < 4.78 is 0. The Morgan fingerprint density at radius 3 is 2.89 bits per heavy atom. The van der Waals surface area contributed by atoms with Crippen LogP contribution in [0.3, 0.4) is 0 Å². The molecule has 0 saturated carbocycles. The highest BCUT2D eigenvalue weighted by Crippen LogP contribution is 2.25. The number of aryl methyl sites for hydroxylation is 1. The number of terminal acetylenes is 1. The molecule has 2 heteroatoms. The predicted octanol–water partition coefficient (Wildman–Crippen LogP) is 2.71. The maximum atomic E-state index is 12.1. The van der Waals surface area contributed by atoms with Crippen LogP contribution in [0.1, 0.15) is 36.8 Å². The maximum Gasteiger partial charge on any atom is 0.223 e. The van der Waals surface area contributed by atoms with Gasteiger partial charge in [-0.1, -0.05) is 24.3 Å². The van der Waals surface area contributed by atoms with Crippen LogP contribution in [-0.4, -0.2) is 12.5 Å². The third-order valence-corrected chi connectivity index (χ3v) is 3.76. The molecule has 1 aromatic rings. The van der Waals surface area contributed by atoms with E-state index >= 15 is 0 Å². The molecule has 0 bridgehead atoms. The molecule has 100 valence electrons. The summed E-state index contributed by atoms with van der Waals surface area (Å²) in [7, 11) is 0. The van der Waals surface area contributed by atoms with E-state index in [0.717, 1.165) is 45.1 Å². The van der Waals surface area contributed by atoms with Crippen LogP contribution in [0.2, 0.25) is 0 Å². The smallest absolute Gasteiger partial charge is 0.223 e. The van der Waals surface area contributed by atoms with Gasteiger partial charge in [-0.25, -0.2) is 0 Å². The van der Waals surface area contributed by atoms with Crippen molar-refractivity contribution in [1.82, 2.24) is 5.32 Å². The molecule has 0 aromatic heterocycles. The fraction of sp³-hybridized carbons (Fsp3) is 0.471. The standard InChI is InChI=1S/C17H21NO/c1-2-3-4-7-12-18-17(19)16-11-10-14-8-5-6-9-15(14)13-16/h1,5-6,8-9,16H,3-4,7,10-13H2,(H,18,19). The molecule has 19 heavy (non-hydrogen) atoms. The zero-order chi connectivity index (χ0) is 13.5. The highest BCUT2D eigenvalue weighted by atomic mass is 16.1. The first-order chi connectivity index (χ1) is 9.31. The molecule has 0 radical (unpaired) electrons. The number of carbonyl (C=O) groups is 1. The van der Waals surface area contributed by atoms with Crippen LogP contribution in [0.5, 0.6) is 0 Å². The number of amides is 1. The molecular weight excluding hydrogens is 234 g/mol. The molecule has 0 spiro atoms. The fourth-order valence-corrected chi connectivity index (χ4v) is 2.63. The van der Waals surface area contributed by atoms with E-state index in [0.29, 0.717) is 0 Å². The van der Waals surface area contributed by atoms with Gasteiger partial charge in [0.25, 0.3) is 0 Å². The lowest BCUT2D eigenvalue weighted by Crippen LogP contribution is -2.34. The second-order valence-electron chi connectivity index (χ2n) is 5.16. The first-order valence-electron chi connectivity index (χ1n) is 7.09. The second-order valence-corrected chi connectivity index (χ2v) is 5.16. The summed E-state index contributed by atoms with van der Waals surface area (Å²) in [4.78, 5) is 12.1. The van der Waals surface area contributed by atoms with E-state index in [4.69, 9.17) is 6.42 Å². The zero-order valence-corrected chi connectivity index (χ0v) is 11.3. The summed E-state index contributed by atoms with van der Waals surface area (Å²) in [5.74, 6) is 2.96. The summed E-state index contributed by atoms with van der Waals surface area (Å²) >= 11 is 0. The Morgan fingerprint density at radius 2 is 2.11 bits per heavy atom. The van der Waals surface area contributed by atoms with E-state index < -0.39 is 0 Å². The number of hydrogen-bond acceptors (Lipinski definition) is 1. The molecular formula is C17H21NO. The van der Waals surface area contributed by atoms with Gasteiger partial charge >= 0.3 is 0 Å². The van der Waals surface area contributed by atoms with Crippen molar-refractivity contribution in [2.24, 2.45) is 5.92 Å². The quantitative estimate of drug-likeness (QED) is 0.636. The average molecular weight is 255 g/mol. The third-order valence-electron chi connectivity index (χ3n) is 3.76. The van der Waals surface area contributed by atoms with Gasteiger partial charge in [-0.15, -0.1) is 12.3 Å². The SMILES string of the molecule is C#CCCCCNC(=O)C1CCc2ccccc2C1. The van der Waals surface area contributed by atoms with Crippen LogP contribution in [-0.2, 0) is 17.6 Å². The maximum absolute atomic E-state index is 12.1. The van der Waals surface area contributed by atoms with Gasteiger partial charge < -0.3 is 5.32 Å². The van der Waals surface area contributed by atoms with E-state index in [1.165, 1.54) is 11.1 Å². The predicted molar refractivity (Wildman–Crippen MR) is 77.7 cm³/mol. The molecule has 0 fully saturated rings. The topological polar surface area (TPSA) is 29.1 Å². The lowest BCUT2D eigenvalue weighted by molar-refractivity contribution is -0.125. The Bertz CT molecular complexity index is 472. The third kappa shape index (κ3) is 3.86. The van der Waals surface area contributed by atoms with Crippen LogP contribution in [0.4, 0.5) is 0 Å². The second kappa shape index (κ2) is 6.99. The molecule has 2 rings (SSSR count). The number of unbranched alkanes of at least 4 members (excludes halogenated alkanes) is 2. The van der Waals surface area contributed by atoms with Crippen molar-refractivity contribution < 1.29 is 4.79 Å². The van der Waals surface area contributed by atoms with E-state index in [9.17, 15) is 4.79 Å². The normalized spacial score (nSPS) is 17.3. The molecule has 0 saturated heterocycles. The lowest BCUT2D eigenvalue weighted by Gasteiger charge is -2.23. The highest BCUT2D eigenvalue weighted by Gasteiger charge is 2.23. The van der Waals surface area contributed by atoms with E-state index in [1.54, 1.807) is 0 Å². The van der Waals surface area contributed by atoms with Crippen LogP contribution in [0.15, 0.2) is 24.3 Å². The molecule has 1 amide bonds. The van der Waals surface area contributed by atoms with Crippen molar-refractivity contribution in [1.29, 1.82) is 0 Å².